The lowest BCUT2D eigenvalue weighted by Crippen LogP contribution is -2.10. The van der Waals surface area contributed by atoms with Crippen molar-refractivity contribution in [1.82, 2.24) is 4.57 Å². The Bertz CT molecular complexity index is 3510. The van der Waals surface area contributed by atoms with E-state index in [2.05, 4.69) is 240 Å². The molecule has 12 rings (SSSR count). The molecule has 1 heterocycles. The number of benzene rings is 9. The number of hydrogen-bond donors (Lipinski definition) is 0. The molecule has 0 N–H and O–H groups in total. The Labute approximate surface area is 368 Å². The normalized spacial score (nSPS) is 13.4. The first kappa shape index (κ1) is 36.9. The summed E-state index contributed by atoms with van der Waals surface area (Å²) < 4.78 is 2.50. The molecule has 63 heavy (non-hydrogen) atoms. The molecule has 298 valence electrons. The van der Waals surface area contributed by atoms with Crippen LogP contribution in [-0.2, 0) is 6.42 Å². The predicted molar refractivity (Wildman–Crippen MR) is 270 cm³/mol. The van der Waals surface area contributed by atoms with E-state index in [0.717, 1.165) is 36.3 Å². The van der Waals surface area contributed by atoms with Crippen LogP contribution in [0.4, 0.5) is 17.1 Å². The zero-order chi connectivity index (χ0) is 41.7. The molecule has 0 spiro atoms. The van der Waals surface area contributed by atoms with Gasteiger partial charge >= 0.3 is 0 Å². The highest BCUT2D eigenvalue weighted by Crippen LogP contribution is 2.44. The van der Waals surface area contributed by atoms with Crippen LogP contribution in [0.3, 0.4) is 0 Å². The van der Waals surface area contributed by atoms with Crippen LogP contribution in [0.5, 0.6) is 0 Å². The molecule has 0 atom stereocenters. The Morgan fingerprint density at radius 2 is 1.11 bits per heavy atom. The van der Waals surface area contributed by atoms with Crippen LogP contribution in [-0.4, -0.2) is 4.57 Å². The number of allylic oxidation sites excluding steroid dienone is 7. The third kappa shape index (κ3) is 6.42. The molecule has 0 unspecified atom stereocenters. The fourth-order valence-electron chi connectivity index (χ4n) is 10.1. The Hall–Kier alpha value is -7.94. The van der Waals surface area contributed by atoms with E-state index >= 15 is 0 Å². The molecule has 9 aromatic carbocycles. The summed E-state index contributed by atoms with van der Waals surface area (Å²) in [6, 6.07) is 69.5. The van der Waals surface area contributed by atoms with E-state index in [1.165, 1.54) is 93.6 Å². The molecular formula is C61H44N2. The quantitative estimate of drug-likeness (QED) is 0.156. The van der Waals surface area contributed by atoms with Gasteiger partial charge in [0.05, 0.1) is 11.0 Å². The van der Waals surface area contributed by atoms with Crippen molar-refractivity contribution < 1.29 is 0 Å². The van der Waals surface area contributed by atoms with Crippen molar-refractivity contribution in [3.8, 4) is 33.4 Å². The average Bonchev–Trinajstić information content (AvgIpc) is 3.50. The van der Waals surface area contributed by atoms with Gasteiger partial charge in [-0.3, -0.25) is 0 Å². The second kappa shape index (κ2) is 15.5. The maximum absolute atomic E-state index is 2.50. The molecule has 0 saturated heterocycles. The SMILES string of the molecule is C1=CCc2c(cccc2-c2ccc(N(c3ccc(-c4cccc5ccccc45)cc3)c3cccc(-c4cccc5c4c4ccc6ccccc6c4n5C4=CCCC=C4)c3)cc2)C=C1. The van der Waals surface area contributed by atoms with E-state index < -0.39 is 0 Å². The first-order valence-electron chi connectivity index (χ1n) is 22.1. The molecule has 0 aliphatic heterocycles. The van der Waals surface area contributed by atoms with Crippen molar-refractivity contribution in [2.24, 2.45) is 0 Å². The number of nitrogens with zero attached hydrogens (tertiary/aromatic N) is 2. The van der Waals surface area contributed by atoms with E-state index in [9.17, 15) is 0 Å². The van der Waals surface area contributed by atoms with Gasteiger partial charge < -0.3 is 9.47 Å². The second-order valence-corrected chi connectivity index (χ2v) is 16.7. The Morgan fingerprint density at radius 3 is 1.92 bits per heavy atom. The fourth-order valence-corrected chi connectivity index (χ4v) is 10.1. The number of hydrogen-bond acceptors (Lipinski definition) is 1. The van der Waals surface area contributed by atoms with Gasteiger partial charge in [-0.2, -0.15) is 0 Å². The number of rotatable bonds is 7. The van der Waals surface area contributed by atoms with Crippen molar-refractivity contribution in [3.05, 3.63) is 236 Å². The van der Waals surface area contributed by atoms with Crippen molar-refractivity contribution in [2.45, 2.75) is 19.3 Å². The molecule has 0 bridgehead atoms. The molecule has 0 fully saturated rings. The van der Waals surface area contributed by atoms with Gasteiger partial charge in [0.25, 0.3) is 0 Å². The van der Waals surface area contributed by atoms with Gasteiger partial charge in [-0.25, -0.2) is 0 Å². The zero-order valence-corrected chi connectivity index (χ0v) is 35.0. The van der Waals surface area contributed by atoms with Gasteiger partial charge in [-0.05, 0) is 128 Å². The standard InChI is InChI=1S/C61H44N2/c1-3-15-42-18-12-27-54(52(42)24-6-1)45-31-36-49(37-32-45)62(50-38-33-46(34-39-50)55-28-13-19-43-16-7-9-25-53(43)55)51-23-11-20-47(41-51)56-29-14-30-59-60(56)58-40-35-44-17-8-10-26-57(44)61(58)63(59)48-21-4-2-5-22-48/h1,3-4,6-23,25-41H,2,5,24H2. The topological polar surface area (TPSA) is 8.17 Å². The van der Waals surface area contributed by atoms with E-state index in [0.29, 0.717) is 0 Å². The predicted octanol–water partition coefficient (Wildman–Crippen LogP) is 16.9. The van der Waals surface area contributed by atoms with Crippen LogP contribution in [0.15, 0.2) is 225 Å². The summed E-state index contributed by atoms with van der Waals surface area (Å²) in [6.45, 7) is 0. The molecule has 2 heteroatoms. The lowest BCUT2D eigenvalue weighted by Gasteiger charge is -2.27. The summed E-state index contributed by atoms with van der Waals surface area (Å²) >= 11 is 0. The molecule has 0 amide bonds. The average molecular weight is 805 g/mol. The van der Waals surface area contributed by atoms with E-state index in [-0.39, 0.29) is 0 Å². The van der Waals surface area contributed by atoms with Crippen LogP contribution >= 0.6 is 0 Å². The van der Waals surface area contributed by atoms with Crippen LogP contribution in [0, 0.1) is 0 Å². The first-order chi connectivity index (χ1) is 31.3. The van der Waals surface area contributed by atoms with Crippen LogP contribution in [0.1, 0.15) is 24.0 Å². The smallest absolute Gasteiger partial charge is 0.0619 e. The van der Waals surface area contributed by atoms with Gasteiger partial charge in [0, 0.05) is 38.9 Å². The van der Waals surface area contributed by atoms with Crippen molar-refractivity contribution in [1.29, 1.82) is 0 Å². The molecule has 10 aromatic rings. The number of anilines is 3. The van der Waals surface area contributed by atoms with Gasteiger partial charge in [0.15, 0.2) is 0 Å². The molecule has 2 aliphatic rings. The lowest BCUT2D eigenvalue weighted by molar-refractivity contribution is 1.02. The van der Waals surface area contributed by atoms with Crippen molar-refractivity contribution >= 4 is 72.2 Å². The van der Waals surface area contributed by atoms with Crippen LogP contribution < -0.4 is 4.90 Å². The van der Waals surface area contributed by atoms with E-state index in [4.69, 9.17) is 0 Å². The fraction of sp³-hybridized carbons (Fsp3) is 0.0492. The summed E-state index contributed by atoms with van der Waals surface area (Å²) in [5, 5.41) is 7.58. The summed E-state index contributed by atoms with van der Waals surface area (Å²) in [5.41, 5.74) is 17.0. The Balaban J connectivity index is 1.02. The molecule has 2 nitrogen and oxygen atoms in total. The summed E-state index contributed by atoms with van der Waals surface area (Å²) in [5.74, 6) is 0. The lowest BCUT2D eigenvalue weighted by atomic mass is 9.93. The molecule has 2 aliphatic carbocycles. The Morgan fingerprint density at radius 1 is 0.429 bits per heavy atom. The van der Waals surface area contributed by atoms with Gasteiger partial charge in [0.1, 0.15) is 0 Å². The third-order valence-electron chi connectivity index (χ3n) is 13.0. The molecule has 0 radical (unpaired) electrons. The van der Waals surface area contributed by atoms with E-state index in [1.807, 2.05) is 0 Å². The van der Waals surface area contributed by atoms with Crippen LogP contribution in [0.2, 0.25) is 0 Å². The largest absolute Gasteiger partial charge is 0.310 e. The monoisotopic (exact) mass is 804 g/mol. The minimum atomic E-state index is 0.915. The highest BCUT2D eigenvalue weighted by molar-refractivity contribution is 6.23. The summed E-state index contributed by atoms with van der Waals surface area (Å²) in [6.07, 6.45) is 18.8. The molecular weight excluding hydrogens is 761 g/mol. The highest BCUT2D eigenvalue weighted by Gasteiger charge is 2.21. The van der Waals surface area contributed by atoms with Gasteiger partial charge in [-0.1, -0.05) is 182 Å². The minimum absolute atomic E-state index is 0.915. The maximum atomic E-state index is 2.50. The summed E-state index contributed by atoms with van der Waals surface area (Å²) in [7, 11) is 0. The molecule has 0 saturated carbocycles. The van der Waals surface area contributed by atoms with Crippen molar-refractivity contribution in [3.63, 3.8) is 0 Å². The van der Waals surface area contributed by atoms with Crippen LogP contribution in [0.25, 0.3) is 88.5 Å². The van der Waals surface area contributed by atoms with Gasteiger partial charge in [-0.15, -0.1) is 0 Å². The minimum Gasteiger partial charge on any atom is -0.310 e. The zero-order valence-electron chi connectivity index (χ0n) is 35.0. The van der Waals surface area contributed by atoms with Crippen molar-refractivity contribution in [2.75, 3.05) is 4.90 Å². The summed E-state index contributed by atoms with van der Waals surface area (Å²) in [4.78, 5) is 2.41. The maximum Gasteiger partial charge on any atom is 0.0619 e. The van der Waals surface area contributed by atoms with E-state index in [1.54, 1.807) is 0 Å². The highest BCUT2D eigenvalue weighted by atomic mass is 15.1. The molecule has 1 aromatic heterocycles. The Kier molecular flexibility index (Phi) is 9.08. The number of aromatic nitrogens is 1. The second-order valence-electron chi connectivity index (χ2n) is 16.7. The number of fused-ring (bicyclic) bond motifs is 7. The van der Waals surface area contributed by atoms with Gasteiger partial charge in [0.2, 0.25) is 0 Å². The third-order valence-corrected chi connectivity index (χ3v) is 13.0. The first-order valence-corrected chi connectivity index (χ1v) is 22.1.